The molecule has 1 aromatic heterocycles. The van der Waals surface area contributed by atoms with Crippen molar-refractivity contribution >= 4 is 33.8 Å². The highest BCUT2D eigenvalue weighted by atomic mass is 79.9. The molecule has 194 valence electrons. The second-order valence-corrected chi connectivity index (χ2v) is 9.11. The molecule has 36 heavy (non-hydrogen) atoms. The van der Waals surface area contributed by atoms with E-state index in [1.807, 2.05) is 12.1 Å². The number of carbonyl (C=O) groups is 3. The number of aliphatic carboxylic acids is 1. The second kappa shape index (κ2) is 11.7. The Morgan fingerprint density at radius 3 is 2.58 bits per heavy atom. The molecule has 9 nitrogen and oxygen atoms in total. The summed E-state index contributed by atoms with van der Waals surface area (Å²) < 4.78 is 43.9. The number of hydrogen-bond acceptors (Lipinski definition) is 7. The third kappa shape index (κ3) is 7.17. The highest BCUT2D eigenvalue weighted by Crippen LogP contribution is 2.41. The van der Waals surface area contributed by atoms with Crippen molar-refractivity contribution in [1.29, 1.82) is 0 Å². The molecule has 13 heteroatoms. The van der Waals surface area contributed by atoms with Crippen molar-refractivity contribution in [3.8, 4) is 11.6 Å². The number of esters is 1. The van der Waals surface area contributed by atoms with E-state index in [2.05, 4.69) is 31.5 Å². The number of alkyl halides is 3. The molecule has 2 saturated heterocycles. The number of piperidine rings is 1. The van der Waals surface area contributed by atoms with Gasteiger partial charge in [-0.05, 0) is 56.3 Å². The molecule has 0 aliphatic carbocycles. The molecule has 0 radical (unpaired) electrons. The van der Waals surface area contributed by atoms with Crippen LogP contribution in [0, 0.1) is 5.41 Å². The van der Waals surface area contributed by atoms with Crippen molar-refractivity contribution in [3.05, 3.63) is 52.6 Å². The lowest BCUT2D eigenvalue weighted by Gasteiger charge is -2.29. The summed E-state index contributed by atoms with van der Waals surface area (Å²) >= 11 is 3.40. The largest absolute Gasteiger partial charge is 0.490 e. The first-order valence-electron chi connectivity index (χ1n) is 10.9. The van der Waals surface area contributed by atoms with E-state index in [4.69, 9.17) is 19.4 Å². The summed E-state index contributed by atoms with van der Waals surface area (Å²) in [5.41, 5.74) is -0.0717. The van der Waals surface area contributed by atoms with Crippen molar-refractivity contribution in [2.45, 2.75) is 31.5 Å². The summed E-state index contributed by atoms with van der Waals surface area (Å²) in [7, 11) is 0. The number of ether oxygens (including phenoxy) is 2. The van der Waals surface area contributed by atoms with Gasteiger partial charge in [-0.25, -0.2) is 9.78 Å². The van der Waals surface area contributed by atoms with E-state index in [9.17, 15) is 22.8 Å². The average Bonchev–Trinajstić information content (AvgIpc) is 3.12. The Morgan fingerprint density at radius 2 is 1.94 bits per heavy atom. The maximum atomic E-state index is 12.7. The van der Waals surface area contributed by atoms with Crippen LogP contribution in [0.1, 0.15) is 29.6 Å². The van der Waals surface area contributed by atoms with Gasteiger partial charge in [-0.2, -0.15) is 13.2 Å². The Morgan fingerprint density at radius 1 is 1.25 bits per heavy atom. The van der Waals surface area contributed by atoms with Crippen LogP contribution >= 0.6 is 15.9 Å². The van der Waals surface area contributed by atoms with E-state index in [-0.39, 0.29) is 30.4 Å². The van der Waals surface area contributed by atoms with E-state index in [0.29, 0.717) is 17.7 Å². The Balaban J connectivity index is 0.000000454. The average molecular weight is 574 g/mol. The van der Waals surface area contributed by atoms with Crippen LogP contribution in [0.15, 0.2) is 47.1 Å². The van der Waals surface area contributed by atoms with E-state index in [1.54, 1.807) is 30.5 Å². The van der Waals surface area contributed by atoms with Gasteiger partial charge >= 0.3 is 18.1 Å². The molecule has 3 N–H and O–H groups in total. The quantitative estimate of drug-likeness (QED) is 0.462. The minimum absolute atomic E-state index is 0.140. The van der Waals surface area contributed by atoms with Gasteiger partial charge in [-0.15, -0.1) is 0 Å². The molecule has 0 saturated carbocycles. The number of rotatable bonds is 5. The summed E-state index contributed by atoms with van der Waals surface area (Å²) in [6.45, 7) is 1.91. The van der Waals surface area contributed by atoms with Crippen molar-refractivity contribution < 1.29 is 42.1 Å². The Labute approximate surface area is 212 Å². The lowest BCUT2D eigenvalue weighted by Crippen LogP contribution is -2.39. The Hall–Kier alpha value is -3.19. The number of nitrogens with zero attached hydrogens (tertiary/aromatic N) is 1. The number of carbonyl (C=O) groups excluding carboxylic acids is 2. The van der Waals surface area contributed by atoms with Gasteiger partial charge in [0, 0.05) is 17.1 Å². The van der Waals surface area contributed by atoms with Gasteiger partial charge < -0.3 is 25.2 Å². The van der Waals surface area contributed by atoms with Crippen LogP contribution in [0.4, 0.5) is 13.2 Å². The molecule has 2 aliphatic heterocycles. The third-order valence-corrected chi connectivity index (χ3v) is 6.14. The van der Waals surface area contributed by atoms with Gasteiger partial charge in [-0.3, -0.25) is 9.59 Å². The van der Waals surface area contributed by atoms with Gasteiger partial charge in [-0.1, -0.05) is 22.0 Å². The van der Waals surface area contributed by atoms with Crippen LogP contribution < -0.4 is 15.4 Å². The third-order valence-electron chi connectivity index (χ3n) is 5.64. The van der Waals surface area contributed by atoms with Crippen LogP contribution in [0.3, 0.4) is 0 Å². The molecule has 1 amide bonds. The van der Waals surface area contributed by atoms with Crippen molar-refractivity contribution in [1.82, 2.24) is 15.6 Å². The summed E-state index contributed by atoms with van der Waals surface area (Å²) in [6.07, 6.45) is -1.62. The second-order valence-electron chi connectivity index (χ2n) is 8.19. The summed E-state index contributed by atoms with van der Waals surface area (Å²) in [6, 6.07) is 10.7. The van der Waals surface area contributed by atoms with E-state index in [0.717, 1.165) is 30.4 Å². The maximum Gasteiger partial charge on any atom is 0.490 e. The smallest absolute Gasteiger partial charge is 0.475 e. The van der Waals surface area contributed by atoms with Gasteiger partial charge in [0.1, 0.15) is 17.4 Å². The number of hydrogen-bond donors (Lipinski definition) is 3. The number of halogens is 4. The normalized spacial score (nSPS) is 18.6. The highest BCUT2D eigenvalue weighted by Gasteiger charge is 2.49. The van der Waals surface area contributed by atoms with Crippen molar-refractivity contribution in [2.75, 3.05) is 19.6 Å². The molecular formula is C23H23BrF3N3O6. The van der Waals surface area contributed by atoms with E-state index < -0.39 is 17.6 Å². The minimum Gasteiger partial charge on any atom is -0.475 e. The molecule has 1 unspecified atom stereocenters. The van der Waals surface area contributed by atoms with Crippen LogP contribution in [0.25, 0.3) is 0 Å². The first-order valence-corrected chi connectivity index (χ1v) is 11.7. The molecule has 2 aliphatic rings. The number of nitrogens with one attached hydrogen (secondary N) is 2. The van der Waals surface area contributed by atoms with E-state index >= 15 is 0 Å². The molecule has 1 aromatic carbocycles. The number of amides is 1. The summed E-state index contributed by atoms with van der Waals surface area (Å²) in [5, 5.41) is 13.3. The molecule has 4 rings (SSSR count). The number of aromatic nitrogens is 1. The molecule has 2 fully saturated rings. The van der Waals surface area contributed by atoms with Gasteiger partial charge in [0.15, 0.2) is 0 Å². The number of cyclic esters (lactones) is 1. The monoisotopic (exact) mass is 573 g/mol. The molecule has 1 spiro atoms. The van der Waals surface area contributed by atoms with Crippen LogP contribution in [-0.4, -0.2) is 59.9 Å². The van der Waals surface area contributed by atoms with Crippen LogP contribution in [0.5, 0.6) is 11.6 Å². The van der Waals surface area contributed by atoms with Crippen molar-refractivity contribution in [3.63, 3.8) is 0 Å². The molecule has 2 aromatic rings. The van der Waals surface area contributed by atoms with E-state index in [1.165, 1.54) is 0 Å². The van der Waals surface area contributed by atoms with Crippen molar-refractivity contribution in [2.24, 2.45) is 5.41 Å². The Bertz CT molecular complexity index is 1110. The number of carboxylic acid groups (broad SMARTS) is 1. The standard InChI is InChI=1S/C21H22BrN3O4.C2HF3O2/c22-14-3-1-4-15(11-14)28-19-17(5-2-8-24-19)18(26)25-13-16-12-21(20(27)29-16)6-9-23-10-7-21;3-2(4,5)1(6)7/h1-5,8,11,16,23H,6-7,9-10,12-13H2,(H,25,26);(H,6,7). The lowest BCUT2D eigenvalue weighted by atomic mass is 9.76. The number of pyridine rings is 1. The van der Waals surface area contributed by atoms with Gasteiger partial charge in [0.2, 0.25) is 5.88 Å². The predicted molar refractivity (Wildman–Crippen MR) is 124 cm³/mol. The first kappa shape index (κ1) is 27.4. The number of carboxylic acids is 1. The zero-order valence-electron chi connectivity index (χ0n) is 18.8. The van der Waals surface area contributed by atoms with Crippen LogP contribution in [-0.2, 0) is 14.3 Å². The summed E-state index contributed by atoms with van der Waals surface area (Å²) in [5.74, 6) is -2.41. The SMILES string of the molecule is O=C(NCC1CC2(CCNCC2)C(=O)O1)c1cccnc1Oc1cccc(Br)c1.O=C(O)C(F)(F)F. The lowest BCUT2D eigenvalue weighted by molar-refractivity contribution is -0.192. The molecule has 1 atom stereocenters. The molecular weight excluding hydrogens is 551 g/mol. The zero-order chi connectivity index (χ0) is 26.3. The summed E-state index contributed by atoms with van der Waals surface area (Å²) in [4.78, 5) is 38.2. The Kier molecular flexibility index (Phi) is 8.90. The predicted octanol–water partition coefficient (Wildman–Crippen LogP) is 3.68. The molecule has 0 bridgehead atoms. The minimum atomic E-state index is -5.08. The fourth-order valence-corrected chi connectivity index (χ4v) is 4.23. The molecule has 3 heterocycles. The topological polar surface area (TPSA) is 127 Å². The number of benzene rings is 1. The fraction of sp³-hybridized carbons (Fsp3) is 0.391. The first-order chi connectivity index (χ1) is 17.0. The van der Waals surface area contributed by atoms with Crippen LogP contribution in [0.2, 0.25) is 0 Å². The fourth-order valence-electron chi connectivity index (χ4n) is 3.85. The highest BCUT2D eigenvalue weighted by molar-refractivity contribution is 9.10. The van der Waals surface area contributed by atoms with Gasteiger partial charge in [0.25, 0.3) is 5.91 Å². The zero-order valence-corrected chi connectivity index (χ0v) is 20.4. The van der Waals surface area contributed by atoms with Gasteiger partial charge in [0.05, 0.1) is 12.0 Å². The maximum absolute atomic E-state index is 12.7.